The van der Waals surface area contributed by atoms with Gasteiger partial charge in [0.1, 0.15) is 11.6 Å². The summed E-state index contributed by atoms with van der Waals surface area (Å²) in [6, 6.07) is 1.90. The molecule has 98 valence electrons. The van der Waals surface area contributed by atoms with E-state index in [1.807, 2.05) is 19.9 Å². The van der Waals surface area contributed by atoms with Crippen molar-refractivity contribution in [3.63, 3.8) is 0 Å². The van der Waals surface area contributed by atoms with Crippen LogP contribution in [0.15, 0.2) is 9.95 Å². The fourth-order valence-corrected chi connectivity index (χ4v) is 2.15. The van der Waals surface area contributed by atoms with Crippen molar-refractivity contribution in [2.24, 2.45) is 5.92 Å². The zero-order valence-electron chi connectivity index (χ0n) is 10.7. The molecule has 1 aromatic heterocycles. The molecule has 0 aliphatic heterocycles. The van der Waals surface area contributed by atoms with Crippen LogP contribution < -0.4 is 5.56 Å². The maximum Gasteiger partial charge on any atom is 0.269 e. The lowest BCUT2D eigenvalue weighted by atomic mass is 10.1. The van der Waals surface area contributed by atoms with Gasteiger partial charge in [0.2, 0.25) is 0 Å². The third-order valence-corrected chi connectivity index (χ3v) is 3.26. The third-order valence-electron chi connectivity index (χ3n) is 2.15. The molecule has 5 nitrogen and oxygen atoms in total. The highest BCUT2D eigenvalue weighted by atomic mass is 32.2. The molecule has 0 aliphatic carbocycles. The first-order valence-electron chi connectivity index (χ1n) is 5.78. The van der Waals surface area contributed by atoms with Crippen molar-refractivity contribution < 1.29 is 5.11 Å². The fourth-order valence-electron chi connectivity index (χ4n) is 1.41. The van der Waals surface area contributed by atoms with Crippen molar-refractivity contribution in [1.29, 1.82) is 5.26 Å². The van der Waals surface area contributed by atoms with Crippen molar-refractivity contribution in [3.8, 4) is 6.07 Å². The summed E-state index contributed by atoms with van der Waals surface area (Å²) in [5.41, 5.74) is 0.214. The zero-order valence-corrected chi connectivity index (χ0v) is 11.5. The van der Waals surface area contributed by atoms with Crippen LogP contribution in [0.3, 0.4) is 0 Å². The Morgan fingerprint density at radius 1 is 1.50 bits per heavy atom. The second-order valence-electron chi connectivity index (χ2n) is 4.56. The van der Waals surface area contributed by atoms with Gasteiger partial charge in [0.05, 0.1) is 11.8 Å². The van der Waals surface area contributed by atoms with Crippen LogP contribution in [0.2, 0.25) is 0 Å². The first-order chi connectivity index (χ1) is 8.43. The van der Waals surface area contributed by atoms with Gasteiger partial charge in [0.15, 0.2) is 5.16 Å². The van der Waals surface area contributed by atoms with Gasteiger partial charge in [-0.05, 0) is 19.3 Å². The Morgan fingerprint density at radius 2 is 2.17 bits per heavy atom. The van der Waals surface area contributed by atoms with Crippen molar-refractivity contribution in [1.82, 2.24) is 9.97 Å². The normalized spacial score (nSPS) is 12.4. The van der Waals surface area contributed by atoms with Gasteiger partial charge < -0.3 is 10.1 Å². The van der Waals surface area contributed by atoms with Gasteiger partial charge in [-0.15, -0.1) is 0 Å². The number of aromatic nitrogens is 2. The van der Waals surface area contributed by atoms with Gasteiger partial charge in [-0.1, -0.05) is 25.6 Å². The van der Waals surface area contributed by atoms with E-state index in [0.717, 1.165) is 0 Å². The minimum absolute atomic E-state index is 0.0881. The second kappa shape index (κ2) is 6.57. The Hall–Kier alpha value is -1.32. The lowest BCUT2D eigenvalue weighted by Gasteiger charge is -2.08. The van der Waals surface area contributed by atoms with Crippen LogP contribution in [0.25, 0.3) is 0 Å². The van der Waals surface area contributed by atoms with Gasteiger partial charge in [-0.3, -0.25) is 4.79 Å². The summed E-state index contributed by atoms with van der Waals surface area (Å²) in [4.78, 5) is 18.6. The minimum Gasteiger partial charge on any atom is -0.393 e. The van der Waals surface area contributed by atoms with Gasteiger partial charge in [0.25, 0.3) is 5.56 Å². The Labute approximate surface area is 110 Å². The number of hydrogen-bond donors (Lipinski definition) is 2. The molecule has 1 heterocycles. The lowest BCUT2D eigenvalue weighted by Crippen LogP contribution is -2.18. The number of aliphatic hydroxyl groups excluding tert-OH is 1. The summed E-state index contributed by atoms with van der Waals surface area (Å²) >= 11 is 1.28. The monoisotopic (exact) mass is 267 g/mol. The number of nitriles is 1. The van der Waals surface area contributed by atoms with Crippen LogP contribution in [0.4, 0.5) is 0 Å². The molecule has 0 bridgehead atoms. The number of rotatable bonds is 5. The maximum absolute atomic E-state index is 11.7. The average molecular weight is 267 g/mol. The number of aliphatic hydroxyl groups is 1. The summed E-state index contributed by atoms with van der Waals surface area (Å²) in [5, 5.41) is 18.6. The highest BCUT2D eigenvalue weighted by molar-refractivity contribution is 7.99. The van der Waals surface area contributed by atoms with Crippen molar-refractivity contribution in [3.05, 3.63) is 21.6 Å². The average Bonchev–Trinajstić information content (AvgIpc) is 2.25. The predicted octanol–water partition coefficient (Wildman–Crippen LogP) is 1.31. The van der Waals surface area contributed by atoms with E-state index < -0.39 is 11.7 Å². The molecule has 1 unspecified atom stereocenters. The molecule has 0 spiro atoms. The zero-order chi connectivity index (χ0) is 13.7. The number of H-pyrrole nitrogens is 1. The second-order valence-corrected chi connectivity index (χ2v) is 5.57. The van der Waals surface area contributed by atoms with Crippen LogP contribution in [-0.4, -0.2) is 26.9 Å². The van der Waals surface area contributed by atoms with Gasteiger partial charge in [-0.25, -0.2) is 4.98 Å². The van der Waals surface area contributed by atoms with Crippen LogP contribution >= 0.6 is 11.8 Å². The van der Waals surface area contributed by atoms with Crippen LogP contribution in [0.1, 0.15) is 32.0 Å². The first kappa shape index (κ1) is 14.7. The Bertz CT molecular complexity index is 503. The number of nitrogens with zero attached hydrogens (tertiary/aromatic N) is 2. The molecule has 0 fully saturated rings. The molecule has 0 amide bonds. The van der Waals surface area contributed by atoms with Crippen molar-refractivity contribution in [2.45, 2.75) is 38.5 Å². The smallest absolute Gasteiger partial charge is 0.269 e. The Kier molecular flexibility index (Phi) is 5.38. The molecule has 0 radical (unpaired) electrons. The van der Waals surface area contributed by atoms with Crippen LogP contribution in [-0.2, 0) is 6.42 Å². The number of thioether (sulfide) groups is 1. The quantitative estimate of drug-likeness (QED) is 0.620. The number of hydrogen-bond acceptors (Lipinski definition) is 5. The van der Waals surface area contributed by atoms with Gasteiger partial charge in [0, 0.05) is 5.75 Å². The maximum atomic E-state index is 11.7. The van der Waals surface area contributed by atoms with E-state index in [9.17, 15) is 9.90 Å². The van der Waals surface area contributed by atoms with E-state index in [1.54, 1.807) is 6.92 Å². The summed E-state index contributed by atoms with van der Waals surface area (Å²) in [7, 11) is 0. The molecular formula is C12H17N3O2S. The SMILES string of the molecule is CC(C)Cc1nc(SCC(C)O)[nH]c(=O)c1C#N. The molecule has 0 aliphatic rings. The van der Waals surface area contributed by atoms with Crippen molar-refractivity contribution >= 4 is 11.8 Å². The number of nitrogens with one attached hydrogen (secondary N) is 1. The molecule has 1 atom stereocenters. The highest BCUT2D eigenvalue weighted by Gasteiger charge is 2.13. The summed E-state index contributed by atoms with van der Waals surface area (Å²) < 4.78 is 0. The van der Waals surface area contributed by atoms with E-state index in [1.165, 1.54) is 11.8 Å². The highest BCUT2D eigenvalue weighted by Crippen LogP contribution is 2.15. The molecule has 2 N–H and O–H groups in total. The molecule has 18 heavy (non-hydrogen) atoms. The van der Waals surface area contributed by atoms with E-state index in [4.69, 9.17) is 5.26 Å². The van der Waals surface area contributed by atoms with E-state index in [0.29, 0.717) is 28.9 Å². The van der Waals surface area contributed by atoms with E-state index in [-0.39, 0.29) is 5.56 Å². The van der Waals surface area contributed by atoms with Gasteiger partial charge in [-0.2, -0.15) is 5.26 Å². The first-order valence-corrected chi connectivity index (χ1v) is 6.76. The topological polar surface area (TPSA) is 89.8 Å². The summed E-state index contributed by atoms with van der Waals surface area (Å²) in [6.07, 6.45) is 0.124. The molecular weight excluding hydrogens is 250 g/mol. The minimum atomic E-state index is -0.468. The summed E-state index contributed by atoms with van der Waals surface area (Å²) in [5.74, 6) is 0.775. The van der Waals surface area contributed by atoms with E-state index in [2.05, 4.69) is 9.97 Å². The Balaban J connectivity index is 3.06. The molecule has 0 saturated heterocycles. The lowest BCUT2D eigenvalue weighted by molar-refractivity contribution is 0.220. The standard InChI is InChI=1S/C12H17N3O2S/c1-7(2)4-10-9(5-13)11(17)15-12(14-10)18-6-8(3)16/h7-8,16H,4,6H2,1-3H3,(H,14,15,17). The molecule has 1 aromatic rings. The van der Waals surface area contributed by atoms with Crippen LogP contribution in [0, 0.1) is 17.2 Å². The van der Waals surface area contributed by atoms with E-state index >= 15 is 0 Å². The largest absolute Gasteiger partial charge is 0.393 e. The molecule has 0 saturated carbocycles. The predicted molar refractivity (Wildman–Crippen MR) is 70.5 cm³/mol. The summed E-state index contributed by atoms with van der Waals surface area (Å²) in [6.45, 7) is 5.68. The number of aromatic amines is 1. The molecule has 0 aromatic carbocycles. The fraction of sp³-hybridized carbons (Fsp3) is 0.583. The third kappa shape index (κ3) is 4.17. The molecule has 1 rings (SSSR count). The van der Waals surface area contributed by atoms with Crippen LogP contribution in [0.5, 0.6) is 0 Å². The Morgan fingerprint density at radius 3 is 2.67 bits per heavy atom. The van der Waals surface area contributed by atoms with Crippen molar-refractivity contribution in [2.75, 3.05) is 5.75 Å². The van der Waals surface area contributed by atoms with Gasteiger partial charge >= 0.3 is 0 Å². The molecule has 6 heteroatoms.